The molecule has 3 rings (SSSR count). The van der Waals surface area contributed by atoms with Gasteiger partial charge in [0.1, 0.15) is 11.1 Å². The number of nitrogen functional groups attached to an aromatic ring is 1. The van der Waals surface area contributed by atoms with E-state index in [2.05, 4.69) is 5.10 Å². The molecule has 0 radical (unpaired) electrons. The van der Waals surface area contributed by atoms with E-state index in [0.717, 1.165) is 12.0 Å². The van der Waals surface area contributed by atoms with E-state index >= 15 is 0 Å². The van der Waals surface area contributed by atoms with Gasteiger partial charge in [0.25, 0.3) is 0 Å². The number of carbonyl (C=O) groups is 1. The number of halogens is 1. The van der Waals surface area contributed by atoms with Crippen molar-refractivity contribution in [2.24, 2.45) is 7.05 Å². The average molecular weight is 334 g/mol. The fraction of sp³-hybridized carbons (Fsp3) is 0.529. The van der Waals surface area contributed by atoms with E-state index in [1.165, 1.54) is 10.7 Å². The van der Waals surface area contributed by atoms with Gasteiger partial charge in [-0.05, 0) is 38.8 Å². The van der Waals surface area contributed by atoms with Gasteiger partial charge in [-0.15, -0.1) is 0 Å². The van der Waals surface area contributed by atoms with Crippen LogP contribution in [-0.4, -0.2) is 39.5 Å². The minimum Gasteiger partial charge on any atom is -0.444 e. The predicted octanol–water partition coefficient (Wildman–Crippen LogP) is 3.02. The third kappa shape index (κ3) is 2.90. The number of nitrogens with zero attached hydrogens (tertiary/aromatic N) is 3. The number of ether oxygens (including phenoxy) is 1. The third-order valence-electron chi connectivity index (χ3n) is 4.30. The molecular formula is C17H23FN4O2. The van der Waals surface area contributed by atoms with Crippen molar-refractivity contribution in [3.8, 4) is 0 Å². The summed E-state index contributed by atoms with van der Waals surface area (Å²) in [7, 11) is 1.70. The normalized spacial score (nSPS) is 18.4. The quantitative estimate of drug-likeness (QED) is 0.814. The van der Waals surface area contributed by atoms with Crippen molar-refractivity contribution in [3.05, 3.63) is 23.6 Å². The zero-order valence-electron chi connectivity index (χ0n) is 14.5. The largest absolute Gasteiger partial charge is 0.444 e. The number of benzene rings is 1. The van der Waals surface area contributed by atoms with Crippen LogP contribution >= 0.6 is 0 Å². The molecule has 1 saturated heterocycles. The van der Waals surface area contributed by atoms with Gasteiger partial charge in [0.15, 0.2) is 5.82 Å². The molecule has 0 bridgehead atoms. The van der Waals surface area contributed by atoms with E-state index in [-0.39, 0.29) is 17.8 Å². The van der Waals surface area contributed by atoms with Crippen molar-refractivity contribution >= 4 is 22.7 Å². The summed E-state index contributed by atoms with van der Waals surface area (Å²) in [6, 6.07) is 1.34. The van der Waals surface area contributed by atoms with E-state index in [1.807, 2.05) is 20.8 Å². The second kappa shape index (κ2) is 5.65. The van der Waals surface area contributed by atoms with Crippen molar-refractivity contribution in [3.63, 3.8) is 0 Å². The molecule has 7 heteroatoms. The van der Waals surface area contributed by atoms with Gasteiger partial charge in [-0.2, -0.15) is 5.10 Å². The van der Waals surface area contributed by atoms with Crippen LogP contribution in [0.1, 0.15) is 38.7 Å². The first-order valence-corrected chi connectivity index (χ1v) is 8.05. The highest BCUT2D eigenvalue weighted by Crippen LogP contribution is 2.37. The highest BCUT2D eigenvalue weighted by molar-refractivity contribution is 5.88. The number of fused-ring (bicyclic) bond motifs is 1. The van der Waals surface area contributed by atoms with Gasteiger partial charge in [0, 0.05) is 37.1 Å². The Morgan fingerprint density at radius 3 is 2.83 bits per heavy atom. The number of hydrogen-bond donors (Lipinski definition) is 1. The molecule has 0 spiro atoms. The van der Waals surface area contributed by atoms with Crippen molar-refractivity contribution in [1.82, 2.24) is 14.7 Å². The first-order valence-electron chi connectivity index (χ1n) is 8.05. The smallest absolute Gasteiger partial charge is 0.410 e. The molecule has 24 heavy (non-hydrogen) atoms. The van der Waals surface area contributed by atoms with E-state index in [1.54, 1.807) is 18.1 Å². The van der Waals surface area contributed by atoms with Gasteiger partial charge >= 0.3 is 6.09 Å². The summed E-state index contributed by atoms with van der Waals surface area (Å²) in [5, 5.41) is 4.86. The lowest BCUT2D eigenvalue weighted by molar-refractivity contribution is 0.0292. The average Bonchev–Trinajstić information content (AvgIpc) is 3.05. The summed E-state index contributed by atoms with van der Waals surface area (Å²) in [5.41, 5.74) is 7.27. The topological polar surface area (TPSA) is 73.4 Å². The predicted molar refractivity (Wildman–Crippen MR) is 90.2 cm³/mol. The van der Waals surface area contributed by atoms with Crippen LogP contribution in [0.25, 0.3) is 10.9 Å². The number of rotatable bonds is 1. The molecule has 1 atom stereocenters. The molecule has 0 saturated carbocycles. The number of nitrogens with two attached hydrogens (primary N) is 1. The Kier molecular flexibility index (Phi) is 3.89. The summed E-state index contributed by atoms with van der Waals surface area (Å²) >= 11 is 0. The minimum absolute atomic E-state index is 0.0461. The fourth-order valence-electron chi connectivity index (χ4n) is 3.30. The van der Waals surface area contributed by atoms with Crippen molar-refractivity contribution < 1.29 is 13.9 Å². The number of anilines is 1. The second-order valence-corrected chi connectivity index (χ2v) is 7.30. The van der Waals surface area contributed by atoms with Gasteiger partial charge < -0.3 is 15.4 Å². The molecule has 2 heterocycles. The molecule has 1 fully saturated rings. The zero-order chi connectivity index (χ0) is 17.6. The Labute approximate surface area is 140 Å². The summed E-state index contributed by atoms with van der Waals surface area (Å²) in [5.74, 6) is -0.335. The standard InChI is InChI=1S/C17H23FN4O2/c1-17(2,3)24-16(23)22-6-5-10(9-22)14-11-8-20-21(4)15(11)12(18)7-13(14)19/h7-8,10H,5-6,9,19H2,1-4H3. The van der Waals surface area contributed by atoms with E-state index in [0.29, 0.717) is 29.7 Å². The van der Waals surface area contributed by atoms with Crippen molar-refractivity contribution in [2.45, 2.75) is 38.7 Å². The molecule has 2 N–H and O–H groups in total. The molecular weight excluding hydrogens is 311 g/mol. The maximum atomic E-state index is 14.2. The van der Waals surface area contributed by atoms with Crippen molar-refractivity contribution in [1.29, 1.82) is 0 Å². The molecule has 1 amide bonds. The number of hydrogen-bond acceptors (Lipinski definition) is 4. The number of aryl methyl sites for hydroxylation is 1. The van der Waals surface area contributed by atoms with Gasteiger partial charge in [0.2, 0.25) is 0 Å². The van der Waals surface area contributed by atoms with Crippen LogP contribution < -0.4 is 5.73 Å². The van der Waals surface area contributed by atoms with Gasteiger partial charge in [-0.1, -0.05) is 0 Å². The number of amides is 1. The first kappa shape index (κ1) is 16.5. The van der Waals surface area contributed by atoms with Crippen LogP contribution in [-0.2, 0) is 11.8 Å². The summed E-state index contributed by atoms with van der Waals surface area (Å²) in [6.45, 7) is 6.63. The second-order valence-electron chi connectivity index (χ2n) is 7.30. The van der Waals surface area contributed by atoms with E-state index < -0.39 is 5.60 Å². The van der Waals surface area contributed by atoms with Gasteiger partial charge in [0.05, 0.1) is 6.20 Å². The Hall–Kier alpha value is -2.31. The summed E-state index contributed by atoms with van der Waals surface area (Å²) in [6.07, 6.45) is 2.08. The Balaban J connectivity index is 1.89. The van der Waals surface area contributed by atoms with Crippen LogP contribution in [0.4, 0.5) is 14.9 Å². The van der Waals surface area contributed by atoms with Crippen LogP contribution in [0.5, 0.6) is 0 Å². The Morgan fingerprint density at radius 2 is 2.17 bits per heavy atom. The molecule has 0 aliphatic carbocycles. The fourth-order valence-corrected chi connectivity index (χ4v) is 3.30. The third-order valence-corrected chi connectivity index (χ3v) is 4.30. The van der Waals surface area contributed by atoms with Gasteiger partial charge in [-0.25, -0.2) is 9.18 Å². The summed E-state index contributed by atoms with van der Waals surface area (Å²) in [4.78, 5) is 13.9. The molecule has 130 valence electrons. The Bertz CT molecular complexity index is 794. The maximum Gasteiger partial charge on any atom is 0.410 e. The molecule has 1 unspecified atom stereocenters. The maximum absolute atomic E-state index is 14.2. The Morgan fingerprint density at radius 1 is 1.46 bits per heavy atom. The first-order chi connectivity index (χ1) is 11.2. The highest BCUT2D eigenvalue weighted by atomic mass is 19.1. The van der Waals surface area contributed by atoms with E-state index in [9.17, 15) is 9.18 Å². The molecule has 1 aromatic heterocycles. The molecule has 6 nitrogen and oxygen atoms in total. The molecule has 1 aliphatic heterocycles. The lowest BCUT2D eigenvalue weighted by Gasteiger charge is -2.24. The SMILES string of the molecule is Cn1ncc2c(C3CCN(C(=O)OC(C)(C)C)C3)c(N)cc(F)c21. The molecule has 2 aromatic rings. The monoisotopic (exact) mass is 334 g/mol. The van der Waals surface area contributed by atoms with Crippen LogP contribution in [0.2, 0.25) is 0 Å². The van der Waals surface area contributed by atoms with Gasteiger partial charge in [-0.3, -0.25) is 4.68 Å². The highest BCUT2D eigenvalue weighted by Gasteiger charge is 2.33. The lowest BCUT2D eigenvalue weighted by Crippen LogP contribution is -2.35. The molecule has 1 aromatic carbocycles. The van der Waals surface area contributed by atoms with Crippen LogP contribution in [0.15, 0.2) is 12.3 Å². The minimum atomic E-state index is -0.527. The number of carbonyl (C=O) groups excluding carboxylic acids is 1. The molecule has 1 aliphatic rings. The van der Waals surface area contributed by atoms with E-state index in [4.69, 9.17) is 10.5 Å². The number of aromatic nitrogens is 2. The zero-order valence-corrected chi connectivity index (χ0v) is 14.5. The van der Waals surface area contributed by atoms with Crippen LogP contribution in [0, 0.1) is 5.82 Å². The number of likely N-dealkylation sites (tertiary alicyclic amines) is 1. The van der Waals surface area contributed by atoms with Crippen molar-refractivity contribution in [2.75, 3.05) is 18.8 Å². The lowest BCUT2D eigenvalue weighted by atomic mass is 9.93. The summed E-state index contributed by atoms with van der Waals surface area (Å²) < 4.78 is 21.1. The van der Waals surface area contributed by atoms with Crippen LogP contribution in [0.3, 0.4) is 0 Å².